The fraction of sp³-hybridized carbons (Fsp3) is 0.619. The van der Waals surface area contributed by atoms with Gasteiger partial charge in [0.05, 0.1) is 0 Å². The molecule has 0 radical (unpaired) electrons. The minimum atomic E-state index is -0.00650. The first-order valence-corrected chi connectivity index (χ1v) is 10.2. The molecule has 27 heavy (non-hydrogen) atoms. The zero-order chi connectivity index (χ0) is 19.2. The molecule has 2 fully saturated rings. The number of benzene rings is 1. The molecular weight excluding hydrogens is 340 g/mol. The molecule has 2 amide bonds. The molecule has 0 atom stereocenters. The highest BCUT2D eigenvalue weighted by molar-refractivity contribution is 5.93. The Balaban J connectivity index is 1.48. The molecule has 1 aromatic rings. The summed E-state index contributed by atoms with van der Waals surface area (Å²) in [7, 11) is 2.15. The molecule has 2 heterocycles. The Labute approximate surface area is 162 Å². The zero-order valence-electron chi connectivity index (χ0n) is 16.6. The Morgan fingerprint density at radius 3 is 2.22 bits per heavy atom. The predicted molar refractivity (Wildman–Crippen MR) is 109 cm³/mol. The van der Waals surface area contributed by atoms with Crippen molar-refractivity contribution in [2.75, 3.05) is 56.5 Å². The monoisotopic (exact) mass is 372 g/mol. The lowest BCUT2D eigenvalue weighted by Gasteiger charge is -2.34. The van der Waals surface area contributed by atoms with E-state index in [0.29, 0.717) is 19.5 Å². The van der Waals surface area contributed by atoms with E-state index in [1.807, 2.05) is 24.0 Å². The Morgan fingerprint density at radius 2 is 1.63 bits per heavy atom. The molecule has 0 aliphatic carbocycles. The minimum absolute atomic E-state index is 0.00650. The van der Waals surface area contributed by atoms with Crippen LogP contribution in [0.1, 0.15) is 32.6 Å². The molecule has 148 valence electrons. The second-order valence-corrected chi connectivity index (χ2v) is 7.73. The van der Waals surface area contributed by atoms with Crippen molar-refractivity contribution in [1.82, 2.24) is 9.80 Å². The van der Waals surface area contributed by atoms with Crippen molar-refractivity contribution >= 4 is 23.2 Å². The number of carbonyl (C=O) groups is 2. The summed E-state index contributed by atoms with van der Waals surface area (Å²) in [6.07, 6.45) is 2.99. The van der Waals surface area contributed by atoms with Gasteiger partial charge in [0.2, 0.25) is 11.8 Å². The lowest BCUT2D eigenvalue weighted by Crippen LogP contribution is -2.44. The number of hydrogen-bond donors (Lipinski definition) is 1. The summed E-state index contributed by atoms with van der Waals surface area (Å²) < 4.78 is 0. The molecule has 1 aromatic carbocycles. The van der Waals surface area contributed by atoms with Crippen molar-refractivity contribution in [1.29, 1.82) is 0 Å². The van der Waals surface area contributed by atoms with Crippen LogP contribution in [0.5, 0.6) is 0 Å². The van der Waals surface area contributed by atoms with Gasteiger partial charge in [-0.15, -0.1) is 0 Å². The zero-order valence-corrected chi connectivity index (χ0v) is 16.6. The van der Waals surface area contributed by atoms with Gasteiger partial charge in [-0.05, 0) is 50.6 Å². The smallest absolute Gasteiger partial charge is 0.227 e. The third kappa shape index (κ3) is 5.22. The highest BCUT2D eigenvalue weighted by Crippen LogP contribution is 2.22. The third-order valence-electron chi connectivity index (χ3n) is 5.69. The topological polar surface area (TPSA) is 55.9 Å². The molecular formula is C21H32N4O2. The number of amides is 2. The molecule has 0 spiro atoms. The van der Waals surface area contributed by atoms with E-state index in [2.05, 4.69) is 34.3 Å². The highest BCUT2D eigenvalue weighted by atomic mass is 16.2. The second-order valence-electron chi connectivity index (χ2n) is 7.73. The van der Waals surface area contributed by atoms with Gasteiger partial charge >= 0.3 is 0 Å². The first-order chi connectivity index (χ1) is 13.1. The number of piperazine rings is 1. The van der Waals surface area contributed by atoms with Crippen molar-refractivity contribution in [2.24, 2.45) is 5.92 Å². The Bertz CT molecular complexity index is 630. The molecule has 2 aliphatic heterocycles. The first kappa shape index (κ1) is 19.7. The molecule has 2 saturated heterocycles. The van der Waals surface area contributed by atoms with Crippen LogP contribution >= 0.6 is 0 Å². The van der Waals surface area contributed by atoms with Gasteiger partial charge in [0.25, 0.3) is 0 Å². The van der Waals surface area contributed by atoms with Crippen LogP contribution in [0.2, 0.25) is 0 Å². The summed E-state index contributed by atoms with van der Waals surface area (Å²) in [5.41, 5.74) is 2.06. The number of nitrogens with one attached hydrogen (secondary N) is 1. The summed E-state index contributed by atoms with van der Waals surface area (Å²) in [6.45, 7) is 7.65. The summed E-state index contributed by atoms with van der Waals surface area (Å²) >= 11 is 0. The predicted octanol–water partition coefficient (Wildman–Crippen LogP) is 2.42. The molecule has 1 N–H and O–H groups in total. The first-order valence-electron chi connectivity index (χ1n) is 10.2. The summed E-state index contributed by atoms with van der Waals surface area (Å²) in [5, 5.41) is 3.05. The van der Waals surface area contributed by atoms with Crippen molar-refractivity contribution in [3.63, 3.8) is 0 Å². The molecule has 6 heteroatoms. The number of hydrogen-bond acceptors (Lipinski definition) is 4. The number of carbonyl (C=O) groups excluding carboxylic acids is 2. The Morgan fingerprint density at radius 1 is 1.00 bits per heavy atom. The van der Waals surface area contributed by atoms with Gasteiger partial charge in [0.1, 0.15) is 0 Å². The molecule has 3 rings (SSSR count). The average Bonchev–Trinajstić information content (AvgIpc) is 2.69. The Hall–Kier alpha value is -2.08. The van der Waals surface area contributed by atoms with E-state index in [1.165, 1.54) is 5.69 Å². The fourth-order valence-electron chi connectivity index (χ4n) is 3.83. The minimum Gasteiger partial charge on any atom is -0.369 e. The number of likely N-dealkylation sites (tertiary alicyclic amines) is 1. The van der Waals surface area contributed by atoms with Crippen LogP contribution in [0.15, 0.2) is 24.3 Å². The standard InChI is InChI=1S/C21H32N4O2/c1-3-4-20(26)25-11-9-17(10-12-25)21(27)22-18-5-7-19(8-6-18)24-15-13-23(2)14-16-24/h5-8,17H,3-4,9-16H2,1-2H3,(H,22,27). The van der Waals surface area contributed by atoms with Crippen LogP contribution in [0.4, 0.5) is 11.4 Å². The summed E-state index contributed by atoms with van der Waals surface area (Å²) in [4.78, 5) is 31.2. The quantitative estimate of drug-likeness (QED) is 0.862. The van der Waals surface area contributed by atoms with Crippen molar-refractivity contribution in [3.05, 3.63) is 24.3 Å². The van der Waals surface area contributed by atoms with Crippen LogP contribution in [0, 0.1) is 5.92 Å². The molecule has 0 bridgehead atoms. The average molecular weight is 373 g/mol. The fourth-order valence-corrected chi connectivity index (χ4v) is 3.83. The van der Waals surface area contributed by atoms with Gasteiger partial charge < -0.3 is 20.0 Å². The highest BCUT2D eigenvalue weighted by Gasteiger charge is 2.27. The van der Waals surface area contributed by atoms with E-state index in [9.17, 15) is 9.59 Å². The van der Waals surface area contributed by atoms with Crippen LogP contribution in [0.3, 0.4) is 0 Å². The SMILES string of the molecule is CCCC(=O)N1CCC(C(=O)Nc2ccc(N3CCN(C)CC3)cc2)CC1. The van der Waals surface area contributed by atoms with E-state index in [0.717, 1.165) is 51.1 Å². The van der Waals surface area contributed by atoms with E-state index >= 15 is 0 Å². The van der Waals surface area contributed by atoms with Crippen LogP contribution < -0.4 is 10.2 Å². The molecule has 0 aromatic heterocycles. The second kappa shape index (κ2) is 9.22. The van der Waals surface area contributed by atoms with E-state index in [4.69, 9.17) is 0 Å². The van der Waals surface area contributed by atoms with Gasteiger partial charge in [0, 0.05) is 63.0 Å². The van der Waals surface area contributed by atoms with Crippen molar-refractivity contribution in [2.45, 2.75) is 32.6 Å². The van der Waals surface area contributed by atoms with Gasteiger partial charge in [0.15, 0.2) is 0 Å². The van der Waals surface area contributed by atoms with Crippen molar-refractivity contribution in [3.8, 4) is 0 Å². The molecule has 0 saturated carbocycles. The normalized spacial score (nSPS) is 19.2. The van der Waals surface area contributed by atoms with E-state index < -0.39 is 0 Å². The number of rotatable bonds is 5. The number of piperidine rings is 1. The lowest BCUT2D eigenvalue weighted by atomic mass is 9.95. The maximum atomic E-state index is 12.6. The Kier molecular flexibility index (Phi) is 6.72. The number of likely N-dealkylation sites (N-methyl/N-ethyl adjacent to an activating group) is 1. The van der Waals surface area contributed by atoms with Crippen LogP contribution in [0.25, 0.3) is 0 Å². The third-order valence-corrected chi connectivity index (χ3v) is 5.69. The molecule has 6 nitrogen and oxygen atoms in total. The molecule has 2 aliphatic rings. The number of anilines is 2. The maximum absolute atomic E-state index is 12.6. The van der Waals surface area contributed by atoms with Gasteiger partial charge in [-0.2, -0.15) is 0 Å². The summed E-state index contributed by atoms with van der Waals surface area (Å²) in [6, 6.07) is 8.16. The van der Waals surface area contributed by atoms with E-state index in [1.54, 1.807) is 0 Å². The van der Waals surface area contributed by atoms with Crippen LogP contribution in [-0.4, -0.2) is 67.9 Å². The van der Waals surface area contributed by atoms with Gasteiger partial charge in [-0.25, -0.2) is 0 Å². The van der Waals surface area contributed by atoms with E-state index in [-0.39, 0.29) is 17.7 Å². The molecule has 0 unspecified atom stereocenters. The lowest BCUT2D eigenvalue weighted by molar-refractivity contribution is -0.134. The van der Waals surface area contributed by atoms with Gasteiger partial charge in [-0.3, -0.25) is 9.59 Å². The maximum Gasteiger partial charge on any atom is 0.227 e. The summed E-state index contributed by atoms with van der Waals surface area (Å²) in [5.74, 6) is 0.286. The van der Waals surface area contributed by atoms with Crippen molar-refractivity contribution < 1.29 is 9.59 Å². The largest absolute Gasteiger partial charge is 0.369 e. The number of nitrogens with zero attached hydrogens (tertiary/aromatic N) is 3. The van der Waals surface area contributed by atoms with Crippen LogP contribution in [-0.2, 0) is 9.59 Å². The van der Waals surface area contributed by atoms with Gasteiger partial charge in [-0.1, -0.05) is 6.92 Å².